The van der Waals surface area contributed by atoms with Crippen molar-refractivity contribution in [2.75, 3.05) is 38.2 Å². The van der Waals surface area contributed by atoms with Gasteiger partial charge in [-0.05, 0) is 54.9 Å². The number of hydrogen-bond donors (Lipinski definition) is 3. The van der Waals surface area contributed by atoms with Gasteiger partial charge in [0.2, 0.25) is 23.5 Å². The zero-order valence-corrected chi connectivity index (χ0v) is 28.6. The first kappa shape index (κ1) is 33.6. The molecule has 13 heteroatoms. The summed E-state index contributed by atoms with van der Waals surface area (Å²) in [5, 5.41) is 8.41. The smallest absolute Gasteiger partial charge is 0.287 e. The number of rotatable bonds is 12. The molecule has 0 bridgehead atoms. The van der Waals surface area contributed by atoms with E-state index in [-0.39, 0.29) is 40.4 Å². The molecule has 1 aromatic rings. The summed E-state index contributed by atoms with van der Waals surface area (Å²) in [6.07, 6.45) is 7.21. The average molecular weight is 669 g/mol. The topological polar surface area (TPSA) is 164 Å². The van der Waals surface area contributed by atoms with E-state index < -0.39 is 35.7 Å². The van der Waals surface area contributed by atoms with Gasteiger partial charge in [0.15, 0.2) is 5.13 Å². The summed E-state index contributed by atoms with van der Waals surface area (Å²) >= 11 is 1.31. The van der Waals surface area contributed by atoms with E-state index in [9.17, 15) is 24.0 Å². The number of ether oxygens (including phenoxy) is 1. The van der Waals surface area contributed by atoms with Gasteiger partial charge in [0.05, 0.1) is 31.4 Å². The summed E-state index contributed by atoms with van der Waals surface area (Å²) in [7, 11) is 0. The molecule has 3 aliphatic carbocycles. The van der Waals surface area contributed by atoms with Crippen LogP contribution in [0.5, 0.6) is 0 Å². The Morgan fingerprint density at radius 2 is 1.83 bits per heavy atom. The number of nitrogens with zero attached hydrogens (tertiary/aromatic N) is 3. The lowest BCUT2D eigenvalue weighted by Crippen LogP contribution is -2.55. The second-order valence-corrected chi connectivity index (χ2v) is 15.7. The summed E-state index contributed by atoms with van der Waals surface area (Å²) < 4.78 is 5.35. The fraction of sp³-hybridized carbons (Fsp3) is 0.706. The third-order valence-electron chi connectivity index (χ3n) is 12.3. The molecule has 4 N–H and O–H groups in total. The van der Waals surface area contributed by atoms with Crippen LogP contribution in [-0.2, 0) is 35.1 Å². The molecule has 2 saturated heterocycles. The van der Waals surface area contributed by atoms with Crippen LogP contribution in [0.2, 0.25) is 0 Å². The molecule has 3 saturated carbocycles. The van der Waals surface area contributed by atoms with Crippen LogP contribution >= 0.6 is 11.3 Å². The normalized spacial score (nSPS) is 27.0. The number of thiazole rings is 1. The maximum Gasteiger partial charge on any atom is 0.287 e. The van der Waals surface area contributed by atoms with E-state index >= 15 is 0 Å². The fourth-order valence-corrected chi connectivity index (χ4v) is 9.76. The lowest BCUT2D eigenvalue weighted by atomic mass is 9.73. The van der Waals surface area contributed by atoms with Gasteiger partial charge in [-0.2, -0.15) is 0 Å². The van der Waals surface area contributed by atoms with E-state index in [0.29, 0.717) is 62.1 Å². The summed E-state index contributed by atoms with van der Waals surface area (Å²) in [5.41, 5.74) is 6.37. The van der Waals surface area contributed by atoms with Crippen LogP contribution in [0.25, 0.3) is 0 Å². The molecule has 6 rings (SSSR count). The van der Waals surface area contributed by atoms with Crippen molar-refractivity contribution >= 4 is 45.9 Å². The number of ketones is 1. The van der Waals surface area contributed by atoms with Crippen molar-refractivity contribution in [2.24, 2.45) is 27.9 Å². The SMILES string of the molecule is C=C(C)[C@H](Nc1nc(CC(=O)N2CCOCC2)cs1)C(=O)N1C[C@]2(C[C@H]1C(=O)NC(CC1CCC1)C(=O)C(N)=O)C(C)(C)C21CCC1. The van der Waals surface area contributed by atoms with Crippen LogP contribution in [0.1, 0.15) is 77.8 Å². The molecule has 5 aliphatic rings. The van der Waals surface area contributed by atoms with Gasteiger partial charge in [0.25, 0.3) is 5.91 Å². The van der Waals surface area contributed by atoms with Gasteiger partial charge < -0.3 is 30.9 Å². The van der Waals surface area contributed by atoms with Gasteiger partial charge in [-0.3, -0.25) is 24.0 Å². The third kappa shape index (κ3) is 5.77. The highest BCUT2D eigenvalue weighted by molar-refractivity contribution is 7.13. The summed E-state index contributed by atoms with van der Waals surface area (Å²) in [4.78, 5) is 74.2. The maximum atomic E-state index is 14.5. The number of nitrogens with one attached hydrogen (secondary N) is 2. The Labute approximate surface area is 280 Å². The molecule has 0 aromatic carbocycles. The molecule has 4 amide bonds. The summed E-state index contributed by atoms with van der Waals surface area (Å²) in [6, 6.07) is -2.67. The minimum Gasteiger partial charge on any atom is -0.378 e. The van der Waals surface area contributed by atoms with Crippen molar-refractivity contribution in [2.45, 2.75) is 96.7 Å². The van der Waals surface area contributed by atoms with Crippen LogP contribution in [0.4, 0.5) is 5.13 Å². The Bertz CT molecular complexity index is 1460. The Morgan fingerprint density at radius 1 is 1.13 bits per heavy atom. The number of anilines is 1. The highest BCUT2D eigenvalue weighted by atomic mass is 32.1. The lowest BCUT2D eigenvalue weighted by molar-refractivity contribution is -0.141. The summed E-state index contributed by atoms with van der Waals surface area (Å²) in [6.45, 7) is 12.9. The lowest BCUT2D eigenvalue weighted by Gasteiger charge is -2.32. The molecule has 3 heterocycles. The van der Waals surface area contributed by atoms with E-state index in [1.807, 2.05) is 5.38 Å². The van der Waals surface area contributed by atoms with Crippen molar-refractivity contribution in [3.8, 4) is 0 Å². The molecule has 256 valence electrons. The number of primary amides is 1. The van der Waals surface area contributed by atoms with Gasteiger partial charge in [-0.1, -0.05) is 46.1 Å². The van der Waals surface area contributed by atoms with E-state index in [2.05, 4.69) is 36.0 Å². The standard InChI is InChI=1S/C34H48N6O6S/c1-20(2)26(38-31-36-22(18-47-31)16-25(41)39-11-13-46-14-12-39)30(45)40-19-34(32(3,4)33(34)9-6-10-33)17-24(40)29(44)37-23(27(42)28(35)43)15-21-7-5-8-21/h18,21,23-24,26H,1,5-17,19H2,2-4H3,(H2,35,43)(H,36,38)(H,37,44)/t23?,24-,26-,34+/m0/s1. The number of aromatic nitrogens is 1. The Balaban J connectivity index is 1.21. The number of carbonyl (C=O) groups is 5. The Kier molecular flexibility index (Phi) is 9.01. The predicted molar refractivity (Wildman–Crippen MR) is 176 cm³/mol. The minimum atomic E-state index is -1.07. The van der Waals surface area contributed by atoms with E-state index in [1.165, 1.54) is 11.3 Å². The predicted octanol–water partition coefficient (Wildman–Crippen LogP) is 2.43. The van der Waals surface area contributed by atoms with Gasteiger partial charge in [-0.25, -0.2) is 4.98 Å². The fourth-order valence-electron chi connectivity index (χ4n) is 9.02. The van der Waals surface area contributed by atoms with Crippen LogP contribution in [0.3, 0.4) is 0 Å². The van der Waals surface area contributed by atoms with E-state index in [0.717, 1.165) is 38.5 Å². The Morgan fingerprint density at radius 3 is 2.38 bits per heavy atom. The van der Waals surface area contributed by atoms with Crippen LogP contribution in [-0.4, -0.2) is 95.2 Å². The number of likely N-dealkylation sites (tertiary alicyclic amines) is 1. The van der Waals surface area contributed by atoms with Crippen molar-refractivity contribution < 1.29 is 28.7 Å². The molecular weight excluding hydrogens is 620 g/mol. The number of carbonyl (C=O) groups excluding carboxylic acids is 5. The van der Waals surface area contributed by atoms with Crippen molar-refractivity contribution in [1.82, 2.24) is 20.1 Å². The monoisotopic (exact) mass is 668 g/mol. The number of morpholine rings is 1. The van der Waals surface area contributed by atoms with Crippen LogP contribution < -0.4 is 16.4 Å². The quantitative estimate of drug-likeness (QED) is 0.226. The van der Waals surface area contributed by atoms with Crippen molar-refractivity contribution in [3.05, 3.63) is 23.2 Å². The Hall–Kier alpha value is -3.32. The zero-order valence-electron chi connectivity index (χ0n) is 27.8. The molecule has 12 nitrogen and oxygen atoms in total. The number of nitrogens with two attached hydrogens (primary N) is 1. The molecule has 0 radical (unpaired) electrons. The maximum absolute atomic E-state index is 14.5. The van der Waals surface area contributed by atoms with Gasteiger partial charge in [0.1, 0.15) is 12.1 Å². The molecule has 1 aromatic heterocycles. The number of amides is 4. The first-order chi connectivity index (χ1) is 22.3. The molecule has 2 aliphatic heterocycles. The molecular formula is C34H48N6O6S. The number of Topliss-reactive ketones (excluding diaryl/α,β-unsaturated/α-hetero) is 1. The molecule has 4 atom stereocenters. The van der Waals surface area contributed by atoms with E-state index in [1.54, 1.807) is 16.7 Å². The first-order valence-electron chi connectivity index (χ1n) is 17.0. The third-order valence-corrected chi connectivity index (χ3v) is 13.1. The average Bonchev–Trinajstić information content (AvgIpc) is 3.39. The molecule has 2 spiro atoms. The summed E-state index contributed by atoms with van der Waals surface area (Å²) in [5.74, 6) is -2.35. The largest absolute Gasteiger partial charge is 0.378 e. The number of hydrogen-bond acceptors (Lipinski definition) is 9. The van der Waals surface area contributed by atoms with Crippen LogP contribution in [0.15, 0.2) is 17.5 Å². The second-order valence-electron chi connectivity index (χ2n) is 14.9. The molecule has 5 fully saturated rings. The van der Waals surface area contributed by atoms with Crippen molar-refractivity contribution in [1.29, 1.82) is 0 Å². The van der Waals surface area contributed by atoms with Crippen molar-refractivity contribution in [3.63, 3.8) is 0 Å². The van der Waals surface area contributed by atoms with Gasteiger partial charge in [-0.15, -0.1) is 11.3 Å². The highest BCUT2D eigenvalue weighted by Crippen LogP contribution is 2.88. The van der Waals surface area contributed by atoms with Gasteiger partial charge >= 0.3 is 0 Å². The first-order valence-corrected chi connectivity index (χ1v) is 17.8. The molecule has 1 unspecified atom stereocenters. The van der Waals surface area contributed by atoms with E-state index in [4.69, 9.17) is 10.5 Å². The second kappa shape index (κ2) is 12.6. The minimum absolute atomic E-state index is 0.0173. The number of fused-ring (bicyclic) bond motifs is 1. The van der Waals surface area contributed by atoms with Crippen LogP contribution in [0, 0.1) is 22.2 Å². The van der Waals surface area contributed by atoms with Gasteiger partial charge in [0, 0.05) is 30.4 Å². The highest BCUT2D eigenvalue weighted by Gasteiger charge is 2.85. The zero-order chi connectivity index (χ0) is 33.7. The molecule has 47 heavy (non-hydrogen) atoms.